The Morgan fingerprint density at radius 1 is 0.875 bits per heavy atom. The lowest BCUT2D eigenvalue weighted by molar-refractivity contribution is -0.497. The van der Waals surface area contributed by atoms with Crippen LogP contribution in [-0.2, 0) is 43.4 Å². The van der Waals surface area contributed by atoms with Gasteiger partial charge in [-0.1, -0.05) is 85.6 Å². The Morgan fingerprint density at radius 3 is 2.25 bits per heavy atom. The number of esters is 1. The van der Waals surface area contributed by atoms with Crippen LogP contribution in [0.15, 0.2) is 72.8 Å². The van der Waals surface area contributed by atoms with Crippen LogP contribution in [0.3, 0.4) is 0 Å². The number of hydrogen-bond donors (Lipinski definition) is 2. The molecule has 18 nitrogen and oxygen atoms in total. The highest BCUT2D eigenvalue weighted by Crippen LogP contribution is 2.31. The summed E-state index contributed by atoms with van der Waals surface area (Å²) in [5.74, 6) is 0.277. The zero-order chi connectivity index (χ0) is 40.2. The van der Waals surface area contributed by atoms with Gasteiger partial charge in [0.2, 0.25) is 18.3 Å². The van der Waals surface area contributed by atoms with E-state index in [0.29, 0.717) is 23.4 Å². The van der Waals surface area contributed by atoms with Crippen molar-refractivity contribution < 1.29 is 53.3 Å². The second-order valence-corrected chi connectivity index (χ2v) is 12.4. The van der Waals surface area contributed by atoms with E-state index in [2.05, 4.69) is 25.2 Å². The second kappa shape index (κ2) is 19.6. The molecule has 0 aliphatic carbocycles. The zero-order valence-electron chi connectivity index (χ0n) is 30.9. The van der Waals surface area contributed by atoms with Gasteiger partial charge in [0.25, 0.3) is 0 Å². The van der Waals surface area contributed by atoms with E-state index < -0.39 is 36.2 Å². The van der Waals surface area contributed by atoms with Gasteiger partial charge in [-0.25, -0.2) is 24.2 Å². The average molecular weight is 794 g/mol. The summed E-state index contributed by atoms with van der Waals surface area (Å²) in [4.78, 5) is 47.6. The largest absolute Gasteiger partial charge is 0.515 e. The second-order valence-electron chi connectivity index (χ2n) is 12.0. The standard InChI is InChI=1S/C37H40ClN7O11/c1-5-7-12-31-39-33(38)32(35(46)54-24(4)55-36(47)51-6-2)43(31)21-25-13-17-27(18-14-25)29-10-8-9-11-30(29)34-40-42-44(41-34)23(3)53-37(48)56-28-19-15-26(16-20-28)22-52-45(49)50/h8-11,13-20,23-24,49-50H,5-7,12,21-22H2,1-4H3. The number of rotatable bonds is 17. The normalized spacial score (nSPS) is 12.2. The number of benzene rings is 3. The highest BCUT2D eigenvalue weighted by Gasteiger charge is 2.26. The Hall–Kier alpha value is -5.92. The molecule has 0 radical (unpaired) electrons. The minimum absolute atomic E-state index is 0.0230. The molecule has 19 heteroatoms. The summed E-state index contributed by atoms with van der Waals surface area (Å²) in [5.41, 5.74) is 3.78. The molecule has 0 aliphatic rings. The predicted octanol–water partition coefficient (Wildman–Crippen LogP) is 7.17. The van der Waals surface area contributed by atoms with Crippen LogP contribution in [0, 0.1) is 0 Å². The van der Waals surface area contributed by atoms with Gasteiger partial charge in [0.1, 0.15) is 11.6 Å². The zero-order valence-corrected chi connectivity index (χ0v) is 31.7. The van der Waals surface area contributed by atoms with Crippen molar-refractivity contribution in [2.75, 3.05) is 6.61 Å². The van der Waals surface area contributed by atoms with Crippen molar-refractivity contribution in [3.63, 3.8) is 0 Å². The SMILES string of the molecule is CCCCc1nc(Cl)c(C(=O)OC(C)OC(=O)OCC)n1Cc1ccc(-c2ccccc2-c2nnn(C(C)OC(=O)Oc3ccc(CON(O)O)cc3)n2)cc1. The molecule has 0 aliphatic heterocycles. The summed E-state index contributed by atoms with van der Waals surface area (Å²) in [7, 11) is 0. The number of tetrazole rings is 1. The third kappa shape index (κ3) is 11.1. The quantitative estimate of drug-likeness (QED) is 0.0314. The molecule has 0 saturated heterocycles. The maximum atomic E-state index is 13.3. The Balaban J connectivity index is 1.28. The molecule has 2 atom stereocenters. The van der Waals surface area contributed by atoms with E-state index >= 15 is 0 Å². The third-order valence-corrected chi connectivity index (χ3v) is 8.28. The molecule has 56 heavy (non-hydrogen) atoms. The topological polar surface area (TPSA) is 212 Å². The van der Waals surface area contributed by atoms with Crippen LogP contribution in [0.2, 0.25) is 5.15 Å². The number of halogens is 1. The smallest absolute Gasteiger partial charge is 0.435 e. The lowest BCUT2D eigenvalue weighted by Crippen LogP contribution is -2.24. The summed E-state index contributed by atoms with van der Waals surface area (Å²) in [6.07, 6.45) is -1.88. The molecule has 296 valence electrons. The van der Waals surface area contributed by atoms with Crippen molar-refractivity contribution in [3.05, 3.63) is 101 Å². The number of imidazole rings is 1. The molecule has 0 bridgehead atoms. The fraction of sp³-hybridized carbons (Fsp3) is 0.324. The first-order valence-electron chi connectivity index (χ1n) is 17.5. The molecular formula is C37H40ClN7O11. The Labute approximate surface area is 325 Å². The predicted molar refractivity (Wildman–Crippen MR) is 195 cm³/mol. The first-order chi connectivity index (χ1) is 26.9. The van der Waals surface area contributed by atoms with Gasteiger partial charge in [-0.05, 0) is 59.9 Å². The minimum Gasteiger partial charge on any atom is -0.435 e. The molecule has 5 aromatic rings. The molecule has 0 saturated carbocycles. The number of carbonyl (C=O) groups excluding carboxylic acids is 3. The summed E-state index contributed by atoms with van der Waals surface area (Å²) in [6, 6.07) is 21.2. The van der Waals surface area contributed by atoms with Crippen LogP contribution in [-0.4, -0.2) is 76.7 Å². The molecule has 3 aromatic carbocycles. The van der Waals surface area contributed by atoms with Crippen LogP contribution in [0.4, 0.5) is 9.59 Å². The van der Waals surface area contributed by atoms with E-state index in [1.165, 1.54) is 19.1 Å². The maximum absolute atomic E-state index is 13.3. The van der Waals surface area contributed by atoms with E-state index in [9.17, 15) is 14.4 Å². The molecular weight excluding hydrogens is 754 g/mol. The van der Waals surface area contributed by atoms with Crippen molar-refractivity contribution in [1.29, 1.82) is 0 Å². The van der Waals surface area contributed by atoms with Crippen LogP contribution in [0.5, 0.6) is 5.75 Å². The van der Waals surface area contributed by atoms with Crippen molar-refractivity contribution in [2.24, 2.45) is 0 Å². The van der Waals surface area contributed by atoms with Crippen LogP contribution in [0.1, 0.15) is 74.2 Å². The van der Waals surface area contributed by atoms with Crippen molar-refractivity contribution in [2.45, 2.75) is 72.6 Å². The first-order valence-corrected chi connectivity index (χ1v) is 17.9. The fourth-order valence-corrected chi connectivity index (χ4v) is 5.63. The maximum Gasteiger partial charge on any atom is 0.515 e. The van der Waals surface area contributed by atoms with E-state index in [4.69, 9.17) is 45.7 Å². The van der Waals surface area contributed by atoms with Gasteiger partial charge in [0.15, 0.2) is 10.8 Å². The summed E-state index contributed by atoms with van der Waals surface area (Å²) >= 11 is 6.48. The van der Waals surface area contributed by atoms with Crippen LogP contribution in [0.25, 0.3) is 22.5 Å². The van der Waals surface area contributed by atoms with Crippen molar-refractivity contribution >= 4 is 29.9 Å². The van der Waals surface area contributed by atoms with Crippen LogP contribution >= 0.6 is 11.6 Å². The number of aromatic nitrogens is 6. The summed E-state index contributed by atoms with van der Waals surface area (Å²) in [6.45, 7) is 6.86. The van der Waals surface area contributed by atoms with Gasteiger partial charge in [-0.15, -0.1) is 15.0 Å². The molecule has 0 amide bonds. The van der Waals surface area contributed by atoms with Crippen molar-refractivity contribution in [1.82, 2.24) is 35.1 Å². The van der Waals surface area contributed by atoms with Crippen LogP contribution < -0.4 is 4.74 Å². The number of nitrogens with zero attached hydrogens (tertiary/aromatic N) is 7. The summed E-state index contributed by atoms with van der Waals surface area (Å²) in [5, 5.41) is 29.7. The number of unbranched alkanes of at least 4 members (excludes halogenated alkanes) is 1. The Morgan fingerprint density at radius 2 is 1.57 bits per heavy atom. The van der Waals surface area contributed by atoms with Gasteiger partial charge >= 0.3 is 18.3 Å². The molecule has 2 unspecified atom stereocenters. The van der Waals surface area contributed by atoms with Gasteiger partial charge in [0.05, 0.1) is 18.6 Å². The molecule has 0 spiro atoms. The molecule has 2 heterocycles. The van der Waals surface area contributed by atoms with Crippen molar-refractivity contribution in [3.8, 4) is 28.3 Å². The number of hydrogen-bond acceptors (Lipinski definition) is 16. The molecule has 2 N–H and O–H groups in total. The lowest BCUT2D eigenvalue weighted by atomic mass is 9.98. The number of carbonyl (C=O) groups is 3. The van der Waals surface area contributed by atoms with E-state index in [-0.39, 0.29) is 42.2 Å². The lowest BCUT2D eigenvalue weighted by Gasteiger charge is -2.16. The monoisotopic (exact) mass is 793 g/mol. The number of aryl methyl sites for hydroxylation is 1. The van der Waals surface area contributed by atoms with E-state index in [1.54, 1.807) is 30.5 Å². The molecule has 2 aromatic heterocycles. The molecule has 0 fully saturated rings. The van der Waals surface area contributed by atoms with E-state index in [0.717, 1.165) is 34.3 Å². The Kier molecular flexibility index (Phi) is 14.4. The highest BCUT2D eigenvalue weighted by atomic mass is 35.5. The highest BCUT2D eigenvalue weighted by molar-refractivity contribution is 6.32. The molecule has 5 rings (SSSR count). The average Bonchev–Trinajstić information content (AvgIpc) is 3.78. The third-order valence-electron chi connectivity index (χ3n) is 8.01. The van der Waals surface area contributed by atoms with Gasteiger partial charge in [-0.2, -0.15) is 0 Å². The first kappa shape index (κ1) is 41.2. The number of ether oxygens (including phenoxy) is 5. The van der Waals surface area contributed by atoms with Gasteiger partial charge < -0.3 is 28.3 Å². The van der Waals surface area contributed by atoms with Gasteiger partial charge in [-0.3, -0.25) is 10.4 Å². The minimum atomic E-state index is -1.23. The fourth-order valence-electron chi connectivity index (χ4n) is 5.36. The van der Waals surface area contributed by atoms with E-state index in [1.807, 2.05) is 55.5 Å². The van der Waals surface area contributed by atoms with Gasteiger partial charge in [0, 0.05) is 25.5 Å². The summed E-state index contributed by atoms with van der Waals surface area (Å²) < 4.78 is 27.4. The Bertz CT molecular complexity index is 2090.